The Morgan fingerprint density at radius 1 is 1.00 bits per heavy atom. The van der Waals surface area contributed by atoms with E-state index in [-0.39, 0.29) is 0 Å². The molecule has 0 radical (unpaired) electrons. The van der Waals surface area contributed by atoms with Gasteiger partial charge in [-0.15, -0.1) is 0 Å². The van der Waals surface area contributed by atoms with Gasteiger partial charge in [-0.1, -0.05) is 54.6 Å². The maximum atomic E-state index is 9.97. The van der Waals surface area contributed by atoms with Gasteiger partial charge in [-0.3, -0.25) is 4.79 Å². The van der Waals surface area contributed by atoms with Crippen molar-refractivity contribution < 1.29 is 4.79 Å². The molecule has 2 nitrogen and oxygen atoms in total. The number of nitrogens with one attached hydrogen (secondary N) is 1. The van der Waals surface area contributed by atoms with E-state index >= 15 is 0 Å². The van der Waals surface area contributed by atoms with E-state index in [0.29, 0.717) is 13.0 Å². The lowest BCUT2D eigenvalue weighted by Crippen LogP contribution is -2.08. The van der Waals surface area contributed by atoms with Crippen LogP contribution in [0.25, 0.3) is 0 Å². The second-order valence-corrected chi connectivity index (χ2v) is 4.11. The van der Waals surface area contributed by atoms with E-state index in [1.165, 1.54) is 18.4 Å². The van der Waals surface area contributed by atoms with Gasteiger partial charge in [0.25, 0.3) is 0 Å². The fourth-order valence-corrected chi connectivity index (χ4v) is 1.67. The summed E-state index contributed by atoms with van der Waals surface area (Å²) in [7, 11) is 0. The quantitative estimate of drug-likeness (QED) is 0.402. The first-order valence-corrected chi connectivity index (χ1v) is 6.46. The van der Waals surface area contributed by atoms with Crippen molar-refractivity contribution in [2.45, 2.75) is 25.7 Å². The molecule has 0 atom stereocenters. The van der Waals surface area contributed by atoms with Crippen LogP contribution in [0.15, 0.2) is 54.6 Å². The highest BCUT2D eigenvalue weighted by Gasteiger charge is 1.90. The van der Waals surface area contributed by atoms with Crippen LogP contribution in [0.2, 0.25) is 0 Å². The molecule has 0 bridgehead atoms. The number of allylic oxidation sites excluding steroid dienone is 3. The smallest absolute Gasteiger partial charge is 0.207 e. The molecule has 0 aromatic heterocycles. The van der Waals surface area contributed by atoms with Gasteiger partial charge in [0.2, 0.25) is 6.41 Å². The fourth-order valence-electron chi connectivity index (χ4n) is 1.67. The first kappa shape index (κ1) is 14.2. The molecule has 96 valence electrons. The Bertz CT molecular complexity index is 368. The largest absolute Gasteiger partial charge is 0.355 e. The summed E-state index contributed by atoms with van der Waals surface area (Å²) in [6, 6.07) is 10.6. The molecule has 1 aromatic carbocycles. The summed E-state index contributed by atoms with van der Waals surface area (Å²) >= 11 is 0. The summed E-state index contributed by atoms with van der Waals surface area (Å²) in [6.07, 6.45) is 13.5. The van der Waals surface area contributed by atoms with Gasteiger partial charge < -0.3 is 5.32 Å². The van der Waals surface area contributed by atoms with Crippen LogP contribution in [0.5, 0.6) is 0 Å². The van der Waals surface area contributed by atoms with Gasteiger partial charge in [0.1, 0.15) is 0 Å². The molecule has 0 aliphatic rings. The van der Waals surface area contributed by atoms with Crippen molar-refractivity contribution in [3.8, 4) is 0 Å². The van der Waals surface area contributed by atoms with Gasteiger partial charge >= 0.3 is 0 Å². The number of rotatable bonds is 9. The van der Waals surface area contributed by atoms with Gasteiger partial charge in [-0.25, -0.2) is 0 Å². The van der Waals surface area contributed by atoms with Crippen molar-refractivity contribution in [3.63, 3.8) is 0 Å². The van der Waals surface area contributed by atoms with Crippen molar-refractivity contribution in [1.82, 2.24) is 5.32 Å². The maximum absolute atomic E-state index is 9.97. The normalized spacial score (nSPS) is 11.1. The van der Waals surface area contributed by atoms with E-state index < -0.39 is 0 Å². The number of carbonyl (C=O) groups is 1. The molecule has 0 saturated heterocycles. The van der Waals surface area contributed by atoms with Crippen molar-refractivity contribution in [2.24, 2.45) is 0 Å². The van der Waals surface area contributed by atoms with Crippen LogP contribution >= 0.6 is 0 Å². The predicted octanol–water partition coefficient (Wildman–Crippen LogP) is 3.26. The molecule has 0 aliphatic heterocycles. The minimum atomic E-state index is 0.599. The summed E-state index contributed by atoms with van der Waals surface area (Å²) in [5.74, 6) is 0. The summed E-state index contributed by atoms with van der Waals surface area (Å²) in [5, 5.41) is 2.58. The molecular formula is C16H21NO. The highest BCUT2D eigenvalue weighted by molar-refractivity contribution is 5.46. The van der Waals surface area contributed by atoms with E-state index in [2.05, 4.69) is 41.7 Å². The molecule has 0 spiro atoms. The Morgan fingerprint density at radius 3 is 2.56 bits per heavy atom. The number of hydrogen-bond acceptors (Lipinski definition) is 1. The minimum Gasteiger partial charge on any atom is -0.355 e. The molecule has 1 N–H and O–H groups in total. The highest BCUT2D eigenvalue weighted by atomic mass is 16.1. The second-order valence-electron chi connectivity index (χ2n) is 4.11. The number of aryl methyl sites for hydroxylation is 1. The molecule has 0 aliphatic carbocycles. The highest BCUT2D eigenvalue weighted by Crippen LogP contribution is 2.06. The van der Waals surface area contributed by atoms with Gasteiger partial charge in [-0.05, 0) is 31.2 Å². The lowest BCUT2D eigenvalue weighted by Gasteiger charge is -1.98. The molecule has 0 heterocycles. The van der Waals surface area contributed by atoms with E-state index in [1.54, 1.807) is 0 Å². The molecule has 0 fully saturated rings. The Kier molecular flexibility index (Phi) is 8.17. The lowest BCUT2D eigenvalue weighted by molar-refractivity contribution is -0.109. The van der Waals surface area contributed by atoms with Crippen LogP contribution in [0.1, 0.15) is 24.8 Å². The number of amides is 1. The van der Waals surface area contributed by atoms with E-state index in [9.17, 15) is 4.79 Å². The summed E-state index contributed by atoms with van der Waals surface area (Å²) < 4.78 is 0. The standard InChI is InChI=1S/C16H21NO/c18-15-17-14-10-5-3-1-2-4-7-11-16-12-8-6-9-13-16/h1,3,5-6,8-10,12-13,15H,2,4,7,11,14H2,(H,17,18)/b3-1+,10-5+. The van der Waals surface area contributed by atoms with Crippen LogP contribution in [0.3, 0.4) is 0 Å². The molecule has 1 amide bonds. The molecule has 1 rings (SSSR count). The number of hydrogen-bond donors (Lipinski definition) is 1. The maximum Gasteiger partial charge on any atom is 0.207 e. The number of benzene rings is 1. The predicted molar refractivity (Wildman–Crippen MR) is 76.3 cm³/mol. The van der Waals surface area contributed by atoms with Crippen LogP contribution < -0.4 is 5.32 Å². The Balaban J connectivity index is 2.00. The van der Waals surface area contributed by atoms with Crippen molar-refractivity contribution in [2.75, 3.05) is 6.54 Å². The van der Waals surface area contributed by atoms with Crippen molar-refractivity contribution >= 4 is 6.41 Å². The summed E-state index contributed by atoms with van der Waals surface area (Å²) in [6.45, 7) is 0.599. The van der Waals surface area contributed by atoms with Crippen LogP contribution in [0.4, 0.5) is 0 Å². The van der Waals surface area contributed by atoms with Gasteiger partial charge in [0.15, 0.2) is 0 Å². The molecule has 1 aromatic rings. The SMILES string of the molecule is O=CNC/C=C/C=C/CCCCc1ccccc1. The first-order chi connectivity index (χ1) is 8.93. The van der Waals surface area contributed by atoms with Crippen LogP contribution in [-0.2, 0) is 11.2 Å². The third kappa shape index (κ3) is 7.44. The second kappa shape index (κ2) is 10.3. The lowest BCUT2D eigenvalue weighted by atomic mass is 10.1. The Morgan fingerprint density at radius 2 is 1.78 bits per heavy atom. The summed E-state index contributed by atoms with van der Waals surface area (Å²) in [5.41, 5.74) is 1.42. The van der Waals surface area contributed by atoms with Crippen molar-refractivity contribution in [3.05, 3.63) is 60.2 Å². The van der Waals surface area contributed by atoms with Gasteiger partial charge in [0, 0.05) is 6.54 Å². The van der Waals surface area contributed by atoms with E-state index in [1.807, 2.05) is 18.2 Å². The van der Waals surface area contributed by atoms with Crippen molar-refractivity contribution in [1.29, 1.82) is 0 Å². The van der Waals surface area contributed by atoms with E-state index in [4.69, 9.17) is 0 Å². The first-order valence-electron chi connectivity index (χ1n) is 6.46. The Hall–Kier alpha value is -1.83. The average Bonchev–Trinajstić information content (AvgIpc) is 2.42. The van der Waals surface area contributed by atoms with Gasteiger partial charge in [0.05, 0.1) is 0 Å². The molecule has 2 heteroatoms. The third-order valence-electron chi connectivity index (χ3n) is 2.63. The number of carbonyl (C=O) groups excluding carboxylic acids is 1. The monoisotopic (exact) mass is 243 g/mol. The summed E-state index contributed by atoms with van der Waals surface area (Å²) in [4.78, 5) is 9.97. The van der Waals surface area contributed by atoms with Crippen LogP contribution in [-0.4, -0.2) is 13.0 Å². The van der Waals surface area contributed by atoms with Crippen LogP contribution in [0, 0.1) is 0 Å². The molecule has 0 saturated carbocycles. The molecule has 0 unspecified atom stereocenters. The Labute approximate surface area is 109 Å². The molecule has 18 heavy (non-hydrogen) atoms. The zero-order chi connectivity index (χ0) is 12.9. The van der Waals surface area contributed by atoms with Gasteiger partial charge in [-0.2, -0.15) is 0 Å². The topological polar surface area (TPSA) is 29.1 Å². The minimum absolute atomic E-state index is 0.599. The van der Waals surface area contributed by atoms with E-state index in [0.717, 1.165) is 12.8 Å². The zero-order valence-electron chi connectivity index (χ0n) is 10.7. The number of unbranched alkanes of at least 4 members (excludes halogenated alkanes) is 2. The molecular weight excluding hydrogens is 222 g/mol. The third-order valence-corrected chi connectivity index (χ3v) is 2.63. The zero-order valence-corrected chi connectivity index (χ0v) is 10.7. The average molecular weight is 243 g/mol. The fraction of sp³-hybridized carbons (Fsp3) is 0.312.